The van der Waals surface area contributed by atoms with Crippen LogP contribution in [-0.4, -0.2) is 11.0 Å². The third-order valence-electron chi connectivity index (χ3n) is 0. The van der Waals surface area contributed by atoms with Crippen LogP contribution in [0.4, 0.5) is 10.7 Å². The fourth-order valence-corrected chi connectivity index (χ4v) is 0. The van der Waals surface area contributed by atoms with E-state index >= 15 is 0 Å². The van der Waals surface area contributed by atoms with Crippen LogP contribution in [0.5, 0.6) is 0 Å². The molecule has 0 aromatic heterocycles. The molecule has 0 unspecified atom stereocenters. The van der Waals surface area contributed by atoms with Crippen LogP contribution in [0.3, 0.4) is 0 Å². The minimum absolute atomic E-state index is 0. The monoisotopic (exact) mass is 149 g/mol. The van der Waals surface area contributed by atoms with Crippen molar-refractivity contribution in [2.45, 2.75) is 0 Å². The standard InChI is InChI=1S/3FH.Fe.2H2O/h3*1H;;2*1H2/q;;;+3;;/p-3. The van der Waals surface area contributed by atoms with E-state index in [0.717, 1.165) is 0 Å². The van der Waals surface area contributed by atoms with Crippen LogP contribution in [0.25, 0.3) is 0 Å². The van der Waals surface area contributed by atoms with Crippen molar-refractivity contribution in [1.29, 1.82) is 0 Å². The van der Waals surface area contributed by atoms with Gasteiger partial charge in [-0.05, 0) is 0 Å². The summed E-state index contributed by atoms with van der Waals surface area (Å²) >= 11 is -4.25. The summed E-state index contributed by atoms with van der Waals surface area (Å²) in [5, 5.41) is 0. The summed E-state index contributed by atoms with van der Waals surface area (Å²) < 4.78 is 29.2. The third-order valence-corrected chi connectivity index (χ3v) is 0. The summed E-state index contributed by atoms with van der Waals surface area (Å²) in [7, 11) is 0. The Morgan fingerprint density at radius 1 is 0.833 bits per heavy atom. The molecule has 0 bridgehead atoms. The van der Waals surface area contributed by atoms with E-state index < -0.39 is 15.3 Å². The van der Waals surface area contributed by atoms with Gasteiger partial charge in [-0.2, -0.15) is 0 Å². The Bertz CT molecular complexity index is 13.5. The van der Waals surface area contributed by atoms with Crippen molar-refractivity contribution in [2.24, 2.45) is 0 Å². The van der Waals surface area contributed by atoms with Gasteiger partial charge in [0.15, 0.2) is 0 Å². The zero-order chi connectivity index (χ0) is 3.58. The van der Waals surface area contributed by atoms with E-state index in [1.165, 1.54) is 0 Å². The Hall–Kier alpha value is 0.229. The first-order valence-corrected chi connectivity index (χ1v) is 1.65. The maximum absolute atomic E-state index is 9.75. The van der Waals surface area contributed by atoms with Gasteiger partial charge in [0.1, 0.15) is 0 Å². The quantitative estimate of drug-likeness (QED) is 0.421. The normalized spacial score (nSPS) is 7.50. The second-order valence-electron chi connectivity index (χ2n) is 0.152. The van der Waals surface area contributed by atoms with E-state index in [0.29, 0.717) is 0 Å². The van der Waals surface area contributed by atoms with Crippen molar-refractivity contribution in [1.82, 2.24) is 0 Å². The number of hydrogen-bond acceptors (Lipinski definition) is 0. The topological polar surface area (TPSA) is 63.0 Å². The molecule has 45 valence electrons. The molecule has 0 saturated carbocycles. The van der Waals surface area contributed by atoms with Crippen molar-refractivity contribution in [3.63, 3.8) is 0 Å². The molecule has 0 fully saturated rings. The van der Waals surface area contributed by atoms with Gasteiger partial charge >= 0.3 is 25.9 Å². The molecule has 0 heterocycles. The van der Waals surface area contributed by atoms with Crippen molar-refractivity contribution in [3.8, 4) is 0 Å². The molecule has 0 aromatic rings. The van der Waals surface area contributed by atoms with Crippen molar-refractivity contribution < 1.29 is 36.9 Å². The van der Waals surface area contributed by atoms with E-state index in [9.17, 15) is 10.7 Å². The molecular formula is H4F3FeO2. The average molecular weight is 149 g/mol. The Kier molecular flexibility index (Phi) is 24.4. The summed E-state index contributed by atoms with van der Waals surface area (Å²) in [5.74, 6) is 0. The molecule has 0 aliphatic heterocycles. The molecular weight excluding hydrogens is 145 g/mol. The van der Waals surface area contributed by atoms with E-state index in [4.69, 9.17) is 0 Å². The summed E-state index contributed by atoms with van der Waals surface area (Å²) in [6.07, 6.45) is 0. The van der Waals surface area contributed by atoms with Crippen LogP contribution >= 0.6 is 0 Å². The van der Waals surface area contributed by atoms with Crippen LogP contribution in [-0.2, 0) is 15.3 Å². The van der Waals surface area contributed by atoms with Crippen molar-refractivity contribution in [2.75, 3.05) is 0 Å². The molecule has 0 rings (SSSR count). The number of hydrogen-bond donors (Lipinski definition) is 0. The van der Waals surface area contributed by atoms with E-state index in [2.05, 4.69) is 0 Å². The Morgan fingerprint density at radius 3 is 0.833 bits per heavy atom. The fourth-order valence-electron chi connectivity index (χ4n) is 0. The molecule has 0 saturated heterocycles. The summed E-state index contributed by atoms with van der Waals surface area (Å²) in [5.41, 5.74) is 0. The molecule has 0 atom stereocenters. The maximum atomic E-state index is 9.75. The zero-order valence-electron chi connectivity index (χ0n) is 2.49. The molecule has 0 radical (unpaired) electrons. The molecule has 0 aliphatic rings. The first-order chi connectivity index (χ1) is 1.73. The van der Waals surface area contributed by atoms with Gasteiger partial charge in [0.2, 0.25) is 0 Å². The van der Waals surface area contributed by atoms with Gasteiger partial charge in [0, 0.05) is 0 Å². The summed E-state index contributed by atoms with van der Waals surface area (Å²) in [6, 6.07) is 0. The van der Waals surface area contributed by atoms with Gasteiger partial charge in [-0.25, -0.2) is 0 Å². The minimum atomic E-state index is -4.25. The van der Waals surface area contributed by atoms with Gasteiger partial charge in [-0.15, -0.1) is 0 Å². The van der Waals surface area contributed by atoms with Gasteiger partial charge in [-0.3, -0.25) is 0 Å². The number of rotatable bonds is 0. The van der Waals surface area contributed by atoms with Crippen LogP contribution < -0.4 is 0 Å². The molecule has 6 heteroatoms. The molecule has 6 heavy (non-hydrogen) atoms. The van der Waals surface area contributed by atoms with E-state index in [1.54, 1.807) is 0 Å². The first kappa shape index (κ1) is 16.3. The van der Waals surface area contributed by atoms with Crippen LogP contribution in [0.15, 0.2) is 0 Å². The predicted molar refractivity (Wildman–Crippen MR) is 10.6 cm³/mol. The van der Waals surface area contributed by atoms with E-state index in [-0.39, 0.29) is 11.0 Å². The Morgan fingerprint density at radius 2 is 0.833 bits per heavy atom. The average Bonchev–Trinajstić information content (AvgIpc) is 0.811. The van der Waals surface area contributed by atoms with Gasteiger partial charge in [0.25, 0.3) is 0 Å². The van der Waals surface area contributed by atoms with Crippen LogP contribution in [0.1, 0.15) is 0 Å². The van der Waals surface area contributed by atoms with Crippen molar-refractivity contribution in [3.05, 3.63) is 0 Å². The molecule has 2 nitrogen and oxygen atoms in total. The molecule has 0 amide bonds. The SMILES string of the molecule is O.O.[F][Fe]([F])[F]. The Balaban J connectivity index is -0.0000000450. The summed E-state index contributed by atoms with van der Waals surface area (Å²) in [6.45, 7) is 0. The van der Waals surface area contributed by atoms with Crippen LogP contribution in [0.2, 0.25) is 0 Å². The fraction of sp³-hybridized carbons (Fsp3) is 0. The van der Waals surface area contributed by atoms with Gasteiger partial charge < -0.3 is 11.0 Å². The van der Waals surface area contributed by atoms with Crippen LogP contribution in [0, 0.1) is 0 Å². The van der Waals surface area contributed by atoms with Crippen molar-refractivity contribution >= 4 is 0 Å². The number of halogens is 3. The second kappa shape index (κ2) is 8.97. The zero-order valence-corrected chi connectivity index (χ0v) is 3.59. The Labute approximate surface area is 37.8 Å². The first-order valence-electron chi connectivity index (χ1n) is 0.401. The molecule has 4 N–H and O–H groups in total. The third kappa shape index (κ3) is 838. The van der Waals surface area contributed by atoms with Gasteiger partial charge in [-0.1, -0.05) is 0 Å². The van der Waals surface area contributed by atoms with Gasteiger partial charge in [0.05, 0.1) is 0 Å². The predicted octanol–water partition coefficient (Wildman–Crippen LogP) is -0.391. The molecule has 0 aliphatic carbocycles. The van der Waals surface area contributed by atoms with E-state index in [1.807, 2.05) is 0 Å². The molecule has 0 spiro atoms. The second-order valence-corrected chi connectivity index (χ2v) is 0.625. The molecule has 0 aromatic carbocycles. The summed E-state index contributed by atoms with van der Waals surface area (Å²) in [4.78, 5) is 0.